The molecule has 3 atom stereocenters. The molecule has 3 heteroatoms. The molecule has 0 bridgehead atoms. The number of thioether (sulfide) groups is 1. The van der Waals surface area contributed by atoms with E-state index >= 15 is 0 Å². The van der Waals surface area contributed by atoms with Gasteiger partial charge in [0.1, 0.15) is 0 Å². The Labute approximate surface area is 121 Å². The zero-order valence-electron chi connectivity index (χ0n) is 12.5. The van der Waals surface area contributed by atoms with Gasteiger partial charge in [-0.25, -0.2) is 0 Å². The van der Waals surface area contributed by atoms with Crippen molar-refractivity contribution in [1.29, 1.82) is 0 Å². The minimum Gasteiger partial charge on any atom is -0.368 e. The molecule has 1 aliphatic heterocycles. The summed E-state index contributed by atoms with van der Waals surface area (Å²) in [4.78, 5) is 3.89. The van der Waals surface area contributed by atoms with Crippen LogP contribution in [0.4, 0.5) is 5.69 Å². The van der Waals surface area contributed by atoms with E-state index in [0.717, 1.165) is 18.4 Å². The molecule has 0 amide bonds. The van der Waals surface area contributed by atoms with Gasteiger partial charge in [0.25, 0.3) is 0 Å². The van der Waals surface area contributed by atoms with Crippen LogP contribution in [0.2, 0.25) is 0 Å². The van der Waals surface area contributed by atoms with Gasteiger partial charge < -0.3 is 10.6 Å². The van der Waals surface area contributed by atoms with Crippen molar-refractivity contribution in [1.82, 2.24) is 0 Å². The van der Waals surface area contributed by atoms with E-state index in [4.69, 9.17) is 5.73 Å². The van der Waals surface area contributed by atoms with E-state index < -0.39 is 0 Å². The quantitative estimate of drug-likeness (QED) is 0.854. The number of rotatable bonds is 3. The normalized spacial score (nSPS) is 27.6. The summed E-state index contributed by atoms with van der Waals surface area (Å²) in [6, 6.07) is 7.18. The predicted octanol–water partition coefficient (Wildman–Crippen LogP) is 3.74. The van der Waals surface area contributed by atoms with Crippen molar-refractivity contribution in [2.75, 3.05) is 17.7 Å². The van der Waals surface area contributed by atoms with E-state index in [1.807, 2.05) is 0 Å². The van der Waals surface area contributed by atoms with Crippen LogP contribution in [0.25, 0.3) is 0 Å². The van der Waals surface area contributed by atoms with Crippen molar-refractivity contribution < 1.29 is 0 Å². The molecule has 1 aromatic rings. The Hall–Kier alpha value is -0.670. The fraction of sp³-hybridized carbons (Fsp3) is 0.625. The third-order valence-corrected chi connectivity index (χ3v) is 5.26. The number of piperidine rings is 1. The van der Waals surface area contributed by atoms with Crippen LogP contribution in [0, 0.1) is 11.8 Å². The summed E-state index contributed by atoms with van der Waals surface area (Å²) in [6.07, 6.45) is 3.46. The Morgan fingerprint density at radius 1 is 1.32 bits per heavy atom. The summed E-state index contributed by atoms with van der Waals surface area (Å²) in [5.41, 5.74) is 8.66. The first-order valence-corrected chi connectivity index (χ1v) is 8.43. The highest BCUT2D eigenvalue weighted by Crippen LogP contribution is 2.36. The second-order valence-corrected chi connectivity index (χ2v) is 6.72. The van der Waals surface area contributed by atoms with Gasteiger partial charge in [0.15, 0.2) is 0 Å². The maximum absolute atomic E-state index is 6.01. The van der Waals surface area contributed by atoms with Crippen molar-refractivity contribution in [3.05, 3.63) is 23.8 Å². The fourth-order valence-electron chi connectivity index (χ4n) is 3.25. The lowest BCUT2D eigenvalue weighted by molar-refractivity contribution is 0.296. The number of anilines is 1. The van der Waals surface area contributed by atoms with Gasteiger partial charge in [-0.3, -0.25) is 0 Å². The van der Waals surface area contributed by atoms with Crippen LogP contribution in [-0.2, 0) is 6.54 Å². The molecule has 1 heterocycles. The fourth-order valence-corrected chi connectivity index (χ4v) is 3.90. The van der Waals surface area contributed by atoms with Gasteiger partial charge in [-0.1, -0.05) is 19.9 Å². The van der Waals surface area contributed by atoms with Crippen LogP contribution in [0.3, 0.4) is 0 Å². The lowest BCUT2D eigenvalue weighted by Gasteiger charge is -2.43. The molecule has 1 saturated heterocycles. The van der Waals surface area contributed by atoms with Gasteiger partial charge in [-0.15, -0.1) is 11.8 Å². The van der Waals surface area contributed by atoms with Crippen molar-refractivity contribution in [2.45, 2.75) is 44.7 Å². The Morgan fingerprint density at radius 2 is 2.05 bits per heavy atom. The Balaban J connectivity index is 2.39. The summed E-state index contributed by atoms with van der Waals surface area (Å²) >= 11 is 1.79. The molecular weight excluding hydrogens is 252 g/mol. The minimum absolute atomic E-state index is 0.596. The van der Waals surface area contributed by atoms with Crippen LogP contribution in [0.5, 0.6) is 0 Å². The Morgan fingerprint density at radius 3 is 2.68 bits per heavy atom. The standard InChI is InChI=1S/C16H26N2S/c1-11-8-12(2)13(3)18(10-11)15-6-5-7-16(19-4)14(15)9-17/h5-7,11-13H,8-10,17H2,1-4H3. The summed E-state index contributed by atoms with van der Waals surface area (Å²) in [7, 11) is 0. The zero-order chi connectivity index (χ0) is 14.0. The number of nitrogens with zero attached hydrogens (tertiary/aromatic N) is 1. The smallest absolute Gasteiger partial charge is 0.0425 e. The van der Waals surface area contributed by atoms with Crippen LogP contribution in [0.15, 0.2) is 23.1 Å². The molecular formula is C16H26N2S. The van der Waals surface area contributed by atoms with E-state index in [1.165, 1.54) is 22.6 Å². The average Bonchev–Trinajstić information content (AvgIpc) is 2.41. The highest BCUT2D eigenvalue weighted by Gasteiger charge is 2.30. The van der Waals surface area contributed by atoms with Crippen molar-refractivity contribution >= 4 is 17.4 Å². The highest BCUT2D eigenvalue weighted by molar-refractivity contribution is 7.98. The lowest BCUT2D eigenvalue weighted by atomic mass is 9.85. The predicted molar refractivity (Wildman–Crippen MR) is 85.9 cm³/mol. The summed E-state index contributed by atoms with van der Waals surface area (Å²) in [6.45, 7) is 8.85. The number of hydrogen-bond donors (Lipinski definition) is 1. The van der Waals surface area contributed by atoms with E-state index in [9.17, 15) is 0 Å². The Bertz CT molecular complexity index is 433. The number of nitrogens with two attached hydrogens (primary N) is 1. The maximum atomic E-state index is 6.01. The monoisotopic (exact) mass is 278 g/mol. The second kappa shape index (κ2) is 6.19. The zero-order valence-corrected chi connectivity index (χ0v) is 13.3. The Kier molecular flexibility index (Phi) is 4.80. The van der Waals surface area contributed by atoms with E-state index in [-0.39, 0.29) is 0 Å². The van der Waals surface area contributed by atoms with Gasteiger partial charge in [0.2, 0.25) is 0 Å². The molecule has 2 rings (SSSR count). The second-order valence-electron chi connectivity index (χ2n) is 5.87. The van der Waals surface area contributed by atoms with E-state index in [2.05, 4.69) is 50.1 Å². The molecule has 1 fully saturated rings. The van der Waals surface area contributed by atoms with Crippen LogP contribution < -0.4 is 10.6 Å². The third kappa shape index (κ3) is 2.92. The summed E-state index contributed by atoms with van der Waals surface area (Å²) < 4.78 is 0. The summed E-state index contributed by atoms with van der Waals surface area (Å²) in [5, 5.41) is 0. The molecule has 0 spiro atoms. The highest BCUT2D eigenvalue weighted by atomic mass is 32.2. The van der Waals surface area contributed by atoms with Crippen molar-refractivity contribution in [3.8, 4) is 0 Å². The summed E-state index contributed by atoms with van der Waals surface area (Å²) in [5.74, 6) is 1.50. The van der Waals surface area contributed by atoms with Gasteiger partial charge in [0, 0.05) is 35.3 Å². The lowest BCUT2D eigenvalue weighted by Crippen LogP contribution is -2.46. The molecule has 0 aromatic heterocycles. The molecule has 2 N–H and O–H groups in total. The van der Waals surface area contributed by atoms with Crippen molar-refractivity contribution in [3.63, 3.8) is 0 Å². The van der Waals surface area contributed by atoms with Crippen LogP contribution in [-0.4, -0.2) is 18.8 Å². The van der Waals surface area contributed by atoms with Gasteiger partial charge in [-0.2, -0.15) is 0 Å². The topological polar surface area (TPSA) is 29.3 Å². The first-order valence-electron chi connectivity index (χ1n) is 7.21. The third-order valence-electron chi connectivity index (χ3n) is 4.44. The molecule has 1 aromatic carbocycles. The van der Waals surface area contributed by atoms with E-state index in [0.29, 0.717) is 12.6 Å². The van der Waals surface area contributed by atoms with Crippen molar-refractivity contribution in [2.24, 2.45) is 17.6 Å². The SMILES string of the molecule is CSc1cccc(N2CC(C)CC(C)C2C)c1CN. The average molecular weight is 278 g/mol. The molecule has 19 heavy (non-hydrogen) atoms. The van der Waals surface area contributed by atoms with Gasteiger partial charge in [-0.05, 0) is 43.6 Å². The number of hydrogen-bond acceptors (Lipinski definition) is 3. The maximum Gasteiger partial charge on any atom is 0.0425 e. The van der Waals surface area contributed by atoms with Gasteiger partial charge in [0.05, 0.1) is 0 Å². The molecule has 0 aliphatic carbocycles. The first kappa shape index (κ1) is 14.7. The largest absolute Gasteiger partial charge is 0.368 e. The molecule has 0 radical (unpaired) electrons. The van der Waals surface area contributed by atoms with Gasteiger partial charge >= 0.3 is 0 Å². The number of benzene rings is 1. The first-order chi connectivity index (χ1) is 9.08. The van der Waals surface area contributed by atoms with Crippen LogP contribution >= 0.6 is 11.8 Å². The molecule has 0 saturated carbocycles. The molecule has 2 nitrogen and oxygen atoms in total. The van der Waals surface area contributed by atoms with E-state index in [1.54, 1.807) is 11.8 Å². The minimum atomic E-state index is 0.596. The molecule has 1 aliphatic rings. The van der Waals surface area contributed by atoms with Crippen LogP contribution in [0.1, 0.15) is 32.8 Å². The molecule has 106 valence electrons. The molecule has 3 unspecified atom stereocenters.